The Morgan fingerprint density at radius 1 is 1.55 bits per heavy atom. The van der Waals surface area contributed by atoms with Crippen molar-refractivity contribution in [3.63, 3.8) is 0 Å². The second-order valence-corrected chi connectivity index (χ2v) is 6.50. The van der Waals surface area contributed by atoms with Crippen LogP contribution in [-0.4, -0.2) is 30.1 Å². The van der Waals surface area contributed by atoms with Crippen LogP contribution >= 0.6 is 11.3 Å². The molecule has 0 aliphatic carbocycles. The van der Waals surface area contributed by atoms with Gasteiger partial charge in [0.2, 0.25) is 0 Å². The van der Waals surface area contributed by atoms with E-state index in [1.54, 1.807) is 11.3 Å². The number of carbonyl (C=O) groups is 1. The Morgan fingerprint density at radius 2 is 2.40 bits per heavy atom. The van der Waals surface area contributed by atoms with Gasteiger partial charge in [0.05, 0.1) is 11.1 Å². The molecule has 1 fully saturated rings. The van der Waals surface area contributed by atoms with Gasteiger partial charge in [-0.25, -0.2) is 4.98 Å². The maximum atomic E-state index is 11.9. The molecule has 0 bridgehead atoms. The van der Waals surface area contributed by atoms with Gasteiger partial charge in [-0.2, -0.15) is 0 Å². The highest BCUT2D eigenvalue weighted by Crippen LogP contribution is 2.19. The molecule has 1 saturated heterocycles. The maximum Gasteiger partial charge on any atom is 0.270 e. The number of thiazole rings is 1. The van der Waals surface area contributed by atoms with Crippen LogP contribution in [0.3, 0.4) is 0 Å². The van der Waals surface area contributed by atoms with Crippen LogP contribution in [0.4, 0.5) is 0 Å². The first-order valence-electron chi connectivity index (χ1n) is 7.52. The molecule has 2 rings (SSSR count). The molecule has 1 N–H and O–H groups in total. The number of unbranched alkanes of at least 4 members (excludes halogenated alkanes) is 1. The molecule has 20 heavy (non-hydrogen) atoms. The van der Waals surface area contributed by atoms with E-state index in [9.17, 15) is 4.79 Å². The summed E-state index contributed by atoms with van der Waals surface area (Å²) in [6, 6.07) is 0. The number of carbonyl (C=O) groups excluding carboxylic acids is 1. The van der Waals surface area contributed by atoms with E-state index in [2.05, 4.69) is 24.1 Å². The summed E-state index contributed by atoms with van der Waals surface area (Å²) >= 11 is 1.56. The lowest BCUT2D eigenvalue weighted by molar-refractivity contribution is 0.0943. The van der Waals surface area contributed by atoms with Crippen LogP contribution in [0.15, 0.2) is 5.38 Å². The van der Waals surface area contributed by atoms with Gasteiger partial charge in [-0.1, -0.05) is 13.8 Å². The largest absolute Gasteiger partial charge is 0.378 e. The minimum absolute atomic E-state index is 0.0507. The van der Waals surface area contributed by atoms with Gasteiger partial charge in [0.1, 0.15) is 5.69 Å². The summed E-state index contributed by atoms with van der Waals surface area (Å²) < 4.78 is 5.58. The Labute approximate surface area is 124 Å². The zero-order valence-corrected chi connectivity index (χ0v) is 13.2. The second-order valence-electron chi connectivity index (χ2n) is 5.61. The van der Waals surface area contributed by atoms with Gasteiger partial charge in [0, 0.05) is 24.4 Å². The second kappa shape index (κ2) is 7.74. The standard InChI is InChI=1S/C15H24N2O2S/c1-11(2)15-17-13(10-20-15)14(18)16-8-4-3-6-12-7-5-9-19-12/h10-12H,3-9H2,1-2H3,(H,16,18). The average Bonchev–Trinajstić information content (AvgIpc) is 3.09. The number of ether oxygens (including phenoxy) is 1. The molecule has 1 aliphatic rings. The number of amides is 1. The third-order valence-corrected chi connectivity index (χ3v) is 4.66. The molecule has 0 radical (unpaired) electrons. The minimum Gasteiger partial charge on any atom is -0.378 e. The first-order valence-corrected chi connectivity index (χ1v) is 8.40. The van der Waals surface area contributed by atoms with E-state index in [1.165, 1.54) is 12.8 Å². The van der Waals surface area contributed by atoms with Crippen molar-refractivity contribution in [2.24, 2.45) is 0 Å². The van der Waals surface area contributed by atoms with Crippen LogP contribution in [0.25, 0.3) is 0 Å². The zero-order valence-electron chi connectivity index (χ0n) is 12.4. The summed E-state index contributed by atoms with van der Waals surface area (Å²) in [7, 11) is 0. The zero-order chi connectivity index (χ0) is 14.4. The average molecular weight is 296 g/mol. The summed E-state index contributed by atoms with van der Waals surface area (Å²) in [5.41, 5.74) is 0.554. The number of hydrogen-bond donors (Lipinski definition) is 1. The summed E-state index contributed by atoms with van der Waals surface area (Å²) in [5, 5.41) is 5.81. The van der Waals surface area contributed by atoms with Gasteiger partial charge in [-0.3, -0.25) is 4.79 Å². The summed E-state index contributed by atoms with van der Waals surface area (Å²) in [6.07, 6.45) is 6.08. The molecule has 4 nitrogen and oxygen atoms in total. The lowest BCUT2D eigenvalue weighted by Gasteiger charge is -2.08. The quantitative estimate of drug-likeness (QED) is 0.785. The summed E-state index contributed by atoms with van der Waals surface area (Å²) in [6.45, 7) is 5.82. The topological polar surface area (TPSA) is 51.2 Å². The fraction of sp³-hybridized carbons (Fsp3) is 0.733. The predicted octanol–water partition coefficient (Wildman–Crippen LogP) is 3.35. The molecule has 0 saturated carbocycles. The summed E-state index contributed by atoms with van der Waals surface area (Å²) in [5.74, 6) is 0.332. The van der Waals surface area contributed by atoms with E-state index < -0.39 is 0 Å². The van der Waals surface area contributed by atoms with E-state index in [0.29, 0.717) is 17.7 Å². The van der Waals surface area contributed by atoms with Crippen molar-refractivity contribution in [2.45, 2.75) is 58.0 Å². The number of hydrogen-bond acceptors (Lipinski definition) is 4. The van der Waals surface area contributed by atoms with Crippen molar-refractivity contribution in [3.05, 3.63) is 16.1 Å². The molecule has 2 heterocycles. The highest BCUT2D eigenvalue weighted by Gasteiger charge is 2.15. The number of nitrogens with zero attached hydrogens (tertiary/aromatic N) is 1. The number of rotatable bonds is 7. The molecular weight excluding hydrogens is 272 g/mol. The van der Waals surface area contributed by atoms with Gasteiger partial charge in [0.25, 0.3) is 5.91 Å². The smallest absolute Gasteiger partial charge is 0.270 e. The van der Waals surface area contributed by atoms with Gasteiger partial charge in [-0.05, 0) is 32.1 Å². The SMILES string of the molecule is CC(C)c1nc(C(=O)NCCCCC2CCCO2)cs1. The van der Waals surface area contributed by atoms with Crippen molar-refractivity contribution in [1.82, 2.24) is 10.3 Å². The van der Waals surface area contributed by atoms with Crippen LogP contribution < -0.4 is 5.32 Å². The minimum atomic E-state index is -0.0507. The van der Waals surface area contributed by atoms with Gasteiger partial charge < -0.3 is 10.1 Å². The third-order valence-electron chi connectivity index (χ3n) is 3.51. The number of aromatic nitrogens is 1. The fourth-order valence-corrected chi connectivity index (χ4v) is 3.13. The lowest BCUT2D eigenvalue weighted by atomic mass is 10.1. The van der Waals surface area contributed by atoms with E-state index in [4.69, 9.17) is 4.74 Å². The Kier molecular flexibility index (Phi) is 5.98. The molecule has 1 amide bonds. The third kappa shape index (κ3) is 4.56. The molecule has 0 aromatic carbocycles. The van der Waals surface area contributed by atoms with Crippen LogP contribution in [-0.2, 0) is 4.74 Å². The molecule has 1 atom stereocenters. The van der Waals surface area contributed by atoms with Crippen LogP contribution in [0.1, 0.15) is 67.4 Å². The lowest BCUT2D eigenvalue weighted by Crippen LogP contribution is -2.25. The molecule has 1 aromatic heterocycles. The Hall–Kier alpha value is -0.940. The molecular formula is C15H24N2O2S. The highest BCUT2D eigenvalue weighted by atomic mass is 32.1. The Bertz CT molecular complexity index is 425. The fourth-order valence-electron chi connectivity index (χ4n) is 2.32. The van der Waals surface area contributed by atoms with Crippen molar-refractivity contribution in [3.8, 4) is 0 Å². The maximum absolute atomic E-state index is 11.9. The first-order chi connectivity index (χ1) is 9.66. The monoisotopic (exact) mass is 296 g/mol. The molecule has 112 valence electrons. The molecule has 1 aliphatic heterocycles. The van der Waals surface area contributed by atoms with Crippen molar-refractivity contribution < 1.29 is 9.53 Å². The summed E-state index contributed by atoms with van der Waals surface area (Å²) in [4.78, 5) is 16.3. The van der Waals surface area contributed by atoms with Gasteiger partial charge >= 0.3 is 0 Å². The van der Waals surface area contributed by atoms with E-state index in [-0.39, 0.29) is 5.91 Å². The highest BCUT2D eigenvalue weighted by molar-refractivity contribution is 7.09. The van der Waals surface area contributed by atoms with Crippen LogP contribution in [0.5, 0.6) is 0 Å². The van der Waals surface area contributed by atoms with E-state index in [1.807, 2.05) is 5.38 Å². The van der Waals surface area contributed by atoms with Crippen LogP contribution in [0.2, 0.25) is 0 Å². The first kappa shape index (κ1) is 15.4. The van der Waals surface area contributed by atoms with E-state index in [0.717, 1.165) is 37.4 Å². The Morgan fingerprint density at radius 3 is 3.05 bits per heavy atom. The normalized spacial score (nSPS) is 18.6. The van der Waals surface area contributed by atoms with Crippen molar-refractivity contribution in [2.75, 3.05) is 13.2 Å². The molecule has 5 heteroatoms. The van der Waals surface area contributed by atoms with Gasteiger partial charge in [0.15, 0.2) is 0 Å². The van der Waals surface area contributed by atoms with Crippen molar-refractivity contribution >= 4 is 17.2 Å². The van der Waals surface area contributed by atoms with E-state index >= 15 is 0 Å². The van der Waals surface area contributed by atoms with Crippen molar-refractivity contribution in [1.29, 1.82) is 0 Å². The van der Waals surface area contributed by atoms with Gasteiger partial charge in [-0.15, -0.1) is 11.3 Å². The Balaban J connectivity index is 1.61. The molecule has 1 aromatic rings. The predicted molar refractivity (Wildman–Crippen MR) is 81.4 cm³/mol. The molecule has 1 unspecified atom stereocenters. The van der Waals surface area contributed by atoms with Crippen LogP contribution in [0, 0.1) is 0 Å². The molecule has 0 spiro atoms. The number of nitrogens with one attached hydrogen (secondary N) is 1.